The number of ether oxygens (including phenoxy) is 1. The molecule has 0 aromatic heterocycles. The second-order valence-electron chi connectivity index (χ2n) is 4.95. The summed E-state index contributed by atoms with van der Waals surface area (Å²) in [5.41, 5.74) is 7.87. The van der Waals surface area contributed by atoms with Gasteiger partial charge in [0, 0.05) is 12.2 Å². The van der Waals surface area contributed by atoms with Crippen LogP contribution in [0.4, 0.5) is 5.69 Å². The molecule has 0 aliphatic heterocycles. The molecule has 0 saturated carbocycles. The van der Waals surface area contributed by atoms with Crippen molar-refractivity contribution in [3.63, 3.8) is 0 Å². The Balaban J connectivity index is 2.06. The minimum Gasteiger partial charge on any atom is -0.496 e. The zero-order chi connectivity index (χ0) is 15.2. The van der Waals surface area contributed by atoms with Crippen LogP contribution in [0.2, 0.25) is 0 Å². The molecular formula is C17H20N2O2. The summed E-state index contributed by atoms with van der Waals surface area (Å²) >= 11 is 0. The molecular weight excluding hydrogens is 264 g/mol. The molecule has 2 aromatic rings. The quantitative estimate of drug-likeness (QED) is 0.830. The van der Waals surface area contributed by atoms with Crippen LogP contribution in [0.3, 0.4) is 0 Å². The molecule has 3 N–H and O–H groups in total. The van der Waals surface area contributed by atoms with Crippen LogP contribution in [0.15, 0.2) is 48.5 Å². The van der Waals surface area contributed by atoms with E-state index < -0.39 is 0 Å². The number of amides is 1. The molecule has 2 rings (SSSR count). The topological polar surface area (TPSA) is 64.3 Å². The van der Waals surface area contributed by atoms with Crippen molar-refractivity contribution in [2.45, 2.75) is 12.8 Å². The van der Waals surface area contributed by atoms with Crippen LogP contribution in [0.5, 0.6) is 5.75 Å². The molecule has 2 aromatic carbocycles. The van der Waals surface area contributed by atoms with Crippen molar-refractivity contribution in [3.05, 3.63) is 59.7 Å². The molecule has 0 aliphatic carbocycles. The molecule has 0 saturated heterocycles. The third-order valence-electron chi connectivity index (χ3n) is 3.44. The van der Waals surface area contributed by atoms with Crippen LogP contribution in [0, 0.1) is 0 Å². The summed E-state index contributed by atoms with van der Waals surface area (Å²) in [6, 6.07) is 15.2. The second kappa shape index (κ2) is 6.79. The van der Waals surface area contributed by atoms with Crippen LogP contribution in [-0.4, -0.2) is 19.6 Å². The van der Waals surface area contributed by atoms with Crippen molar-refractivity contribution >= 4 is 11.6 Å². The number of rotatable bonds is 5. The first-order valence-electron chi connectivity index (χ1n) is 6.89. The molecule has 0 heterocycles. The number of nitrogens with one attached hydrogen (secondary N) is 1. The summed E-state index contributed by atoms with van der Waals surface area (Å²) < 4.78 is 5.20. The van der Waals surface area contributed by atoms with Crippen molar-refractivity contribution in [3.8, 4) is 5.75 Å². The van der Waals surface area contributed by atoms with Gasteiger partial charge in [0.15, 0.2) is 0 Å². The van der Waals surface area contributed by atoms with E-state index in [9.17, 15) is 4.79 Å². The fourth-order valence-corrected chi connectivity index (χ4v) is 2.19. The van der Waals surface area contributed by atoms with Gasteiger partial charge in [-0.1, -0.05) is 43.3 Å². The van der Waals surface area contributed by atoms with E-state index in [2.05, 4.69) is 12.2 Å². The number of nitrogens with two attached hydrogens (primary N) is 1. The lowest BCUT2D eigenvalue weighted by atomic mass is 10.0. The van der Waals surface area contributed by atoms with Crippen molar-refractivity contribution in [1.29, 1.82) is 0 Å². The zero-order valence-electron chi connectivity index (χ0n) is 12.3. The number of carbonyl (C=O) groups excluding carboxylic acids is 1. The number of hydrogen-bond donors (Lipinski definition) is 2. The highest BCUT2D eigenvalue weighted by atomic mass is 16.5. The van der Waals surface area contributed by atoms with Crippen molar-refractivity contribution in [2.24, 2.45) is 0 Å². The molecule has 0 bridgehead atoms. The smallest absolute Gasteiger partial charge is 0.257 e. The third-order valence-corrected chi connectivity index (χ3v) is 3.44. The summed E-state index contributed by atoms with van der Waals surface area (Å²) in [7, 11) is 1.53. The molecule has 0 fully saturated rings. The van der Waals surface area contributed by atoms with Gasteiger partial charge in [0.1, 0.15) is 11.3 Å². The number of carbonyl (C=O) groups is 1. The van der Waals surface area contributed by atoms with Gasteiger partial charge in [-0.05, 0) is 23.6 Å². The monoisotopic (exact) mass is 284 g/mol. The predicted molar refractivity (Wildman–Crippen MR) is 84.6 cm³/mol. The van der Waals surface area contributed by atoms with E-state index in [1.165, 1.54) is 12.7 Å². The lowest BCUT2D eigenvalue weighted by Gasteiger charge is -2.15. The average molecular weight is 284 g/mol. The average Bonchev–Trinajstić information content (AvgIpc) is 2.52. The number of methoxy groups -OCH3 is 1. The summed E-state index contributed by atoms with van der Waals surface area (Å²) in [6.45, 7) is 2.61. The molecule has 0 spiro atoms. The maximum absolute atomic E-state index is 12.3. The minimum atomic E-state index is -0.215. The van der Waals surface area contributed by atoms with Crippen molar-refractivity contribution in [2.75, 3.05) is 19.4 Å². The van der Waals surface area contributed by atoms with Crippen LogP contribution in [0.1, 0.15) is 28.8 Å². The molecule has 0 radical (unpaired) electrons. The summed E-state index contributed by atoms with van der Waals surface area (Å²) in [6.07, 6.45) is 0. The van der Waals surface area contributed by atoms with Crippen molar-refractivity contribution < 1.29 is 9.53 Å². The van der Waals surface area contributed by atoms with Gasteiger partial charge >= 0.3 is 0 Å². The molecule has 0 aliphatic rings. The Bertz CT molecular complexity index is 611. The molecule has 4 heteroatoms. The first kappa shape index (κ1) is 14.9. The fourth-order valence-electron chi connectivity index (χ4n) is 2.19. The maximum atomic E-state index is 12.3. The first-order valence-corrected chi connectivity index (χ1v) is 6.89. The van der Waals surface area contributed by atoms with Gasteiger partial charge in [0.25, 0.3) is 5.91 Å². The summed E-state index contributed by atoms with van der Waals surface area (Å²) in [5, 5.41) is 2.91. The van der Waals surface area contributed by atoms with E-state index in [1.807, 2.05) is 30.3 Å². The SMILES string of the molecule is COc1cccc(N)c1C(=O)NCC(C)c1ccccc1. The van der Waals surface area contributed by atoms with Crippen LogP contribution < -0.4 is 15.8 Å². The van der Waals surface area contributed by atoms with E-state index in [-0.39, 0.29) is 11.8 Å². The molecule has 1 amide bonds. The Morgan fingerprint density at radius 1 is 1.19 bits per heavy atom. The van der Waals surface area contributed by atoms with Crippen molar-refractivity contribution in [1.82, 2.24) is 5.32 Å². The third kappa shape index (κ3) is 3.54. The highest BCUT2D eigenvalue weighted by molar-refractivity contribution is 6.01. The van der Waals surface area contributed by atoms with E-state index in [0.717, 1.165) is 0 Å². The van der Waals surface area contributed by atoms with Crippen LogP contribution in [0.25, 0.3) is 0 Å². The Morgan fingerprint density at radius 3 is 2.57 bits per heavy atom. The number of anilines is 1. The fraction of sp³-hybridized carbons (Fsp3) is 0.235. The molecule has 4 nitrogen and oxygen atoms in total. The van der Waals surface area contributed by atoms with Crippen LogP contribution >= 0.6 is 0 Å². The van der Waals surface area contributed by atoms with E-state index in [0.29, 0.717) is 23.5 Å². The Kier molecular flexibility index (Phi) is 4.82. The summed E-state index contributed by atoms with van der Waals surface area (Å²) in [4.78, 5) is 12.3. The predicted octanol–water partition coefficient (Wildman–Crippen LogP) is 2.81. The second-order valence-corrected chi connectivity index (χ2v) is 4.95. The van der Waals surface area contributed by atoms with Gasteiger partial charge in [-0.3, -0.25) is 4.79 Å². The van der Waals surface area contributed by atoms with Gasteiger partial charge in [-0.2, -0.15) is 0 Å². The Hall–Kier alpha value is -2.49. The summed E-state index contributed by atoms with van der Waals surface area (Å²) in [5.74, 6) is 0.499. The van der Waals surface area contributed by atoms with E-state index in [4.69, 9.17) is 10.5 Å². The number of hydrogen-bond acceptors (Lipinski definition) is 3. The Labute approximate surface area is 124 Å². The van der Waals surface area contributed by atoms with E-state index >= 15 is 0 Å². The highest BCUT2D eigenvalue weighted by Crippen LogP contribution is 2.24. The highest BCUT2D eigenvalue weighted by Gasteiger charge is 2.16. The van der Waals surface area contributed by atoms with Gasteiger partial charge < -0.3 is 15.8 Å². The van der Waals surface area contributed by atoms with E-state index in [1.54, 1.807) is 18.2 Å². The van der Waals surface area contributed by atoms with Gasteiger partial charge in [0.2, 0.25) is 0 Å². The van der Waals surface area contributed by atoms with Gasteiger partial charge in [0.05, 0.1) is 7.11 Å². The molecule has 1 unspecified atom stereocenters. The lowest BCUT2D eigenvalue weighted by Crippen LogP contribution is -2.28. The van der Waals surface area contributed by atoms with Gasteiger partial charge in [-0.15, -0.1) is 0 Å². The number of benzene rings is 2. The maximum Gasteiger partial charge on any atom is 0.257 e. The molecule has 110 valence electrons. The number of nitrogen functional groups attached to an aromatic ring is 1. The minimum absolute atomic E-state index is 0.215. The lowest BCUT2D eigenvalue weighted by molar-refractivity contribution is 0.0949. The zero-order valence-corrected chi connectivity index (χ0v) is 12.3. The Morgan fingerprint density at radius 2 is 1.90 bits per heavy atom. The molecule has 21 heavy (non-hydrogen) atoms. The largest absolute Gasteiger partial charge is 0.496 e. The normalized spacial score (nSPS) is 11.7. The molecule has 1 atom stereocenters. The first-order chi connectivity index (χ1) is 10.1. The standard InChI is InChI=1S/C17H20N2O2/c1-12(13-7-4-3-5-8-13)11-19-17(20)16-14(18)9-6-10-15(16)21-2/h3-10,12H,11,18H2,1-2H3,(H,19,20). The van der Waals surface area contributed by atoms with Gasteiger partial charge in [-0.25, -0.2) is 0 Å². The van der Waals surface area contributed by atoms with Crippen LogP contribution in [-0.2, 0) is 0 Å².